The van der Waals surface area contributed by atoms with Crippen LogP contribution in [0.4, 0.5) is 0 Å². The number of rotatable bonds is 6. The molecule has 21 heavy (non-hydrogen) atoms. The van der Waals surface area contributed by atoms with Gasteiger partial charge in [0.1, 0.15) is 6.61 Å². The number of carbonyl (C=O) groups is 2. The smallest absolute Gasteiger partial charge is 0.334 e. The number of aldehydes is 1. The molecule has 1 atom stereocenters. The Balaban J connectivity index is 2.02. The molecular formula is C17H17NO3. The average molecular weight is 283 g/mol. The lowest BCUT2D eigenvalue weighted by Crippen LogP contribution is -2.52. The lowest BCUT2D eigenvalue weighted by atomic mass is 9.93. The molecule has 0 aliphatic heterocycles. The predicted molar refractivity (Wildman–Crippen MR) is 79.4 cm³/mol. The maximum Gasteiger partial charge on any atom is 0.334 e. The minimum absolute atomic E-state index is 0.0985. The molecular weight excluding hydrogens is 266 g/mol. The zero-order valence-electron chi connectivity index (χ0n) is 11.6. The summed E-state index contributed by atoms with van der Waals surface area (Å²) in [5.74, 6) is -0.717. The molecule has 2 aromatic carbocycles. The Morgan fingerprint density at radius 1 is 1.00 bits per heavy atom. The van der Waals surface area contributed by atoms with Gasteiger partial charge in [0, 0.05) is 6.42 Å². The SMILES string of the molecule is N[C@](C=O)(Cc1ccccc1)C(=O)OCc1ccccc1. The molecule has 0 spiro atoms. The third-order valence-electron chi connectivity index (χ3n) is 3.14. The van der Waals surface area contributed by atoms with Crippen LogP contribution >= 0.6 is 0 Å². The van der Waals surface area contributed by atoms with Crippen molar-refractivity contribution in [1.82, 2.24) is 0 Å². The van der Waals surface area contributed by atoms with Crippen molar-refractivity contribution in [3.8, 4) is 0 Å². The fourth-order valence-electron chi connectivity index (χ4n) is 1.95. The molecule has 108 valence electrons. The first kappa shape index (κ1) is 14.9. The number of benzene rings is 2. The molecule has 0 saturated heterocycles. The van der Waals surface area contributed by atoms with Crippen molar-refractivity contribution in [3.63, 3.8) is 0 Å². The lowest BCUT2D eigenvalue weighted by Gasteiger charge is -2.21. The Kier molecular flexibility index (Phi) is 4.85. The molecule has 4 heteroatoms. The second kappa shape index (κ2) is 6.81. The minimum atomic E-state index is -1.66. The highest BCUT2D eigenvalue weighted by atomic mass is 16.5. The van der Waals surface area contributed by atoms with E-state index in [1.165, 1.54) is 0 Å². The largest absolute Gasteiger partial charge is 0.459 e. The number of ether oxygens (including phenoxy) is 1. The molecule has 2 aromatic rings. The molecule has 0 amide bonds. The van der Waals surface area contributed by atoms with E-state index in [0.717, 1.165) is 11.1 Å². The molecule has 0 fully saturated rings. The van der Waals surface area contributed by atoms with Gasteiger partial charge < -0.3 is 15.3 Å². The van der Waals surface area contributed by atoms with E-state index in [-0.39, 0.29) is 13.0 Å². The summed E-state index contributed by atoms with van der Waals surface area (Å²) in [6.45, 7) is 0.0985. The van der Waals surface area contributed by atoms with Crippen molar-refractivity contribution in [2.45, 2.75) is 18.6 Å². The molecule has 0 unspecified atom stereocenters. The van der Waals surface area contributed by atoms with Crippen LogP contribution in [0.15, 0.2) is 60.7 Å². The summed E-state index contributed by atoms with van der Waals surface area (Å²) in [5.41, 5.74) is 5.89. The number of hydrogen-bond acceptors (Lipinski definition) is 4. The van der Waals surface area contributed by atoms with Gasteiger partial charge in [0.2, 0.25) is 0 Å². The second-order valence-electron chi connectivity index (χ2n) is 4.88. The quantitative estimate of drug-likeness (QED) is 0.499. The topological polar surface area (TPSA) is 69.4 Å². The van der Waals surface area contributed by atoms with Crippen molar-refractivity contribution in [1.29, 1.82) is 0 Å². The Morgan fingerprint density at radius 3 is 2.05 bits per heavy atom. The standard InChI is InChI=1S/C17H17NO3/c18-17(13-19,11-14-7-3-1-4-8-14)16(20)21-12-15-9-5-2-6-10-15/h1-10,13H,11-12,18H2/t17-/m0/s1. The molecule has 0 aliphatic rings. The van der Waals surface area contributed by atoms with Crippen LogP contribution in [0, 0.1) is 0 Å². The fraction of sp³-hybridized carbons (Fsp3) is 0.176. The van der Waals surface area contributed by atoms with Gasteiger partial charge in [-0.05, 0) is 11.1 Å². The first-order chi connectivity index (χ1) is 10.1. The molecule has 0 aromatic heterocycles. The summed E-state index contributed by atoms with van der Waals surface area (Å²) in [6, 6.07) is 18.4. The maximum atomic E-state index is 12.1. The third-order valence-corrected chi connectivity index (χ3v) is 3.14. The highest BCUT2D eigenvalue weighted by Gasteiger charge is 2.35. The molecule has 2 rings (SSSR count). The highest BCUT2D eigenvalue weighted by Crippen LogP contribution is 2.12. The van der Waals surface area contributed by atoms with Crippen LogP contribution in [0.5, 0.6) is 0 Å². The normalized spacial score (nSPS) is 13.2. The molecule has 4 nitrogen and oxygen atoms in total. The zero-order chi connectivity index (χ0) is 15.1. The van der Waals surface area contributed by atoms with E-state index in [4.69, 9.17) is 10.5 Å². The number of hydrogen-bond donors (Lipinski definition) is 1. The number of carbonyl (C=O) groups excluding carboxylic acids is 2. The van der Waals surface area contributed by atoms with E-state index in [9.17, 15) is 9.59 Å². The number of esters is 1. The van der Waals surface area contributed by atoms with Crippen LogP contribution in [0.1, 0.15) is 11.1 Å². The summed E-state index contributed by atoms with van der Waals surface area (Å²) in [4.78, 5) is 23.4. The van der Waals surface area contributed by atoms with Crippen molar-refractivity contribution >= 4 is 12.3 Å². The van der Waals surface area contributed by atoms with Crippen molar-refractivity contribution in [3.05, 3.63) is 71.8 Å². The third kappa shape index (κ3) is 4.00. The van der Waals surface area contributed by atoms with E-state index in [1.807, 2.05) is 60.7 Å². The Bertz CT molecular complexity index is 598. The van der Waals surface area contributed by atoms with Gasteiger partial charge in [0.25, 0.3) is 0 Å². The first-order valence-electron chi connectivity index (χ1n) is 6.64. The van der Waals surface area contributed by atoms with Crippen molar-refractivity contribution in [2.24, 2.45) is 5.73 Å². The summed E-state index contributed by atoms with van der Waals surface area (Å²) in [6.07, 6.45) is 0.568. The Hall–Kier alpha value is -2.46. The van der Waals surface area contributed by atoms with Gasteiger partial charge in [-0.25, -0.2) is 4.79 Å². The van der Waals surface area contributed by atoms with Gasteiger partial charge in [0.15, 0.2) is 11.8 Å². The second-order valence-corrected chi connectivity index (χ2v) is 4.88. The van der Waals surface area contributed by atoms with E-state index < -0.39 is 11.5 Å². The molecule has 0 bridgehead atoms. The lowest BCUT2D eigenvalue weighted by molar-refractivity contribution is -0.152. The minimum Gasteiger partial charge on any atom is -0.459 e. The van der Waals surface area contributed by atoms with E-state index in [1.54, 1.807) is 0 Å². The average Bonchev–Trinajstić information content (AvgIpc) is 2.54. The van der Waals surface area contributed by atoms with Gasteiger partial charge in [-0.3, -0.25) is 0 Å². The summed E-state index contributed by atoms with van der Waals surface area (Å²) >= 11 is 0. The highest BCUT2D eigenvalue weighted by molar-refractivity contribution is 5.98. The molecule has 0 heterocycles. The van der Waals surface area contributed by atoms with Crippen LogP contribution in [0.2, 0.25) is 0 Å². The number of nitrogens with two attached hydrogens (primary N) is 1. The van der Waals surface area contributed by atoms with Crippen molar-refractivity contribution in [2.75, 3.05) is 0 Å². The van der Waals surface area contributed by atoms with Crippen LogP contribution in [0.3, 0.4) is 0 Å². The first-order valence-corrected chi connectivity index (χ1v) is 6.64. The molecule has 0 saturated carbocycles. The monoisotopic (exact) mass is 283 g/mol. The van der Waals surface area contributed by atoms with E-state index in [0.29, 0.717) is 6.29 Å². The van der Waals surface area contributed by atoms with Crippen molar-refractivity contribution < 1.29 is 14.3 Å². The van der Waals surface area contributed by atoms with Crippen LogP contribution in [-0.4, -0.2) is 17.8 Å². The fourth-order valence-corrected chi connectivity index (χ4v) is 1.95. The van der Waals surface area contributed by atoms with E-state index >= 15 is 0 Å². The zero-order valence-corrected chi connectivity index (χ0v) is 11.6. The van der Waals surface area contributed by atoms with Gasteiger partial charge in [0.05, 0.1) is 0 Å². The molecule has 0 aliphatic carbocycles. The molecule has 2 N–H and O–H groups in total. The Labute approximate surface area is 123 Å². The van der Waals surface area contributed by atoms with Gasteiger partial charge in [-0.15, -0.1) is 0 Å². The molecule has 0 radical (unpaired) electrons. The Morgan fingerprint density at radius 2 is 1.52 bits per heavy atom. The van der Waals surface area contributed by atoms with Crippen LogP contribution in [0.25, 0.3) is 0 Å². The summed E-state index contributed by atoms with van der Waals surface area (Å²) in [7, 11) is 0. The summed E-state index contributed by atoms with van der Waals surface area (Å²) in [5, 5.41) is 0. The van der Waals surface area contributed by atoms with Gasteiger partial charge in [-0.2, -0.15) is 0 Å². The van der Waals surface area contributed by atoms with Crippen LogP contribution < -0.4 is 5.73 Å². The van der Waals surface area contributed by atoms with Gasteiger partial charge >= 0.3 is 5.97 Å². The van der Waals surface area contributed by atoms with E-state index in [2.05, 4.69) is 0 Å². The predicted octanol–water partition coefficient (Wildman–Crippen LogP) is 1.87. The maximum absolute atomic E-state index is 12.1. The summed E-state index contributed by atoms with van der Waals surface area (Å²) < 4.78 is 5.16. The van der Waals surface area contributed by atoms with Gasteiger partial charge in [-0.1, -0.05) is 60.7 Å². The van der Waals surface area contributed by atoms with Crippen LogP contribution in [-0.2, 0) is 27.4 Å².